The number of carbonyl (C=O) groups excluding carboxylic acids is 4. The third-order valence-corrected chi connectivity index (χ3v) is 19.7. The number of rotatable bonds is 74. The van der Waals surface area contributed by atoms with Crippen molar-refractivity contribution in [3.63, 3.8) is 0 Å². The largest absolute Gasteiger partial charge is 0.472 e. The van der Waals surface area contributed by atoms with Crippen LogP contribution in [0.15, 0.2) is 0 Å². The average Bonchev–Trinajstić information content (AvgIpc) is 1.18. The Morgan fingerprint density at radius 2 is 0.543 bits per heavy atom. The van der Waals surface area contributed by atoms with Gasteiger partial charge in [-0.15, -0.1) is 0 Å². The number of ether oxygens (including phenoxy) is 4. The molecule has 0 aromatic rings. The predicted molar refractivity (Wildman–Crippen MR) is 381 cm³/mol. The van der Waals surface area contributed by atoms with Gasteiger partial charge in [-0.1, -0.05) is 337 Å². The van der Waals surface area contributed by atoms with E-state index >= 15 is 0 Å². The van der Waals surface area contributed by atoms with Crippen LogP contribution in [0.25, 0.3) is 0 Å². The minimum atomic E-state index is -4.96. The minimum Gasteiger partial charge on any atom is -0.462 e. The number of phosphoric ester groups is 2. The zero-order valence-electron chi connectivity index (χ0n) is 61.3. The number of phosphoric acid groups is 2. The topological polar surface area (TPSA) is 237 Å². The van der Waals surface area contributed by atoms with Crippen molar-refractivity contribution in [2.45, 2.75) is 407 Å². The Balaban J connectivity index is 5.21. The van der Waals surface area contributed by atoms with Gasteiger partial charge in [-0.2, -0.15) is 0 Å². The van der Waals surface area contributed by atoms with E-state index in [4.69, 9.17) is 37.0 Å². The number of hydrogen-bond acceptors (Lipinski definition) is 15. The lowest BCUT2D eigenvalue weighted by Crippen LogP contribution is -2.30. The van der Waals surface area contributed by atoms with Crippen LogP contribution in [0, 0.1) is 11.8 Å². The summed E-state index contributed by atoms with van der Waals surface area (Å²) in [5.41, 5.74) is 0. The van der Waals surface area contributed by atoms with Crippen LogP contribution < -0.4 is 0 Å². The Labute approximate surface area is 575 Å². The third-order valence-electron chi connectivity index (χ3n) is 17.8. The van der Waals surface area contributed by atoms with E-state index < -0.39 is 97.5 Å². The molecule has 17 nitrogen and oxygen atoms in total. The van der Waals surface area contributed by atoms with E-state index in [1.807, 2.05) is 0 Å². The molecule has 0 heterocycles. The summed E-state index contributed by atoms with van der Waals surface area (Å²) in [5.74, 6) is -0.592. The van der Waals surface area contributed by atoms with Crippen molar-refractivity contribution in [1.29, 1.82) is 0 Å². The molecule has 558 valence electrons. The fourth-order valence-electron chi connectivity index (χ4n) is 11.4. The standard InChI is InChI=1S/C75H146O17P2/c1-7-10-12-14-16-18-19-20-21-22-23-24-25-26-27-28-34-41-47-53-59-74(79)91-70(64-86-73(78)58-52-46-40-33-30-29-32-37-43-49-55-67(4)5)65-89-93(81,82)87-61-69(76)62-88-94(83,84)90-66-71(63-85-72(77)57-51-45-39-31-17-15-13-11-8-2)92-75(80)60-54-48-42-36-35-38-44-50-56-68(6)9-3/h67-71,76H,7-66H2,1-6H3,(H,81,82)(H,83,84)/t68?,69-,70-,71-/m1/s1. The number of unbranched alkanes of at least 4 members (excludes halogenated alkanes) is 43. The predicted octanol–water partition coefficient (Wildman–Crippen LogP) is 21.9. The molecular formula is C75H146O17P2. The minimum absolute atomic E-state index is 0.105. The molecule has 19 heteroatoms. The van der Waals surface area contributed by atoms with Crippen LogP contribution >= 0.6 is 15.6 Å². The van der Waals surface area contributed by atoms with Crippen molar-refractivity contribution in [1.82, 2.24) is 0 Å². The van der Waals surface area contributed by atoms with E-state index in [2.05, 4.69) is 41.5 Å². The lowest BCUT2D eigenvalue weighted by Gasteiger charge is -2.21. The Bertz CT molecular complexity index is 1820. The summed E-state index contributed by atoms with van der Waals surface area (Å²) < 4.78 is 68.4. The van der Waals surface area contributed by atoms with Crippen molar-refractivity contribution in [3.8, 4) is 0 Å². The summed E-state index contributed by atoms with van der Waals surface area (Å²) in [6, 6.07) is 0. The van der Waals surface area contributed by atoms with E-state index in [0.29, 0.717) is 25.7 Å². The SMILES string of the molecule is CCCCCCCCCCCCCCCCCCCCCCC(=O)O[C@H](COC(=O)CCCCCCCCCCCCC(C)C)COP(=O)(O)OC[C@@H](O)COP(=O)(O)OC[C@@H](COC(=O)CCCCCCCCCCC)OC(=O)CCCCCCCCCCC(C)CC. The maximum Gasteiger partial charge on any atom is 0.472 e. The van der Waals surface area contributed by atoms with Gasteiger partial charge in [-0.3, -0.25) is 37.3 Å². The first kappa shape index (κ1) is 92.1. The fourth-order valence-corrected chi connectivity index (χ4v) is 13.0. The summed E-state index contributed by atoms with van der Waals surface area (Å²) >= 11 is 0. The highest BCUT2D eigenvalue weighted by Crippen LogP contribution is 2.45. The zero-order valence-corrected chi connectivity index (χ0v) is 63.1. The highest BCUT2D eigenvalue weighted by molar-refractivity contribution is 7.47. The summed E-state index contributed by atoms with van der Waals surface area (Å²) in [4.78, 5) is 72.7. The van der Waals surface area contributed by atoms with Crippen molar-refractivity contribution in [3.05, 3.63) is 0 Å². The highest BCUT2D eigenvalue weighted by atomic mass is 31.2. The van der Waals surface area contributed by atoms with E-state index in [1.165, 1.54) is 205 Å². The highest BCUT2D eigenvalue weighted by Gasteiger charge is 2.30. The van der Waals surface area contributed by atoms with E-state index in [0.717, 1.165) is 102 Å². The van der Waals surface area contributed by atoms with Gasteiger partial charge >= 0.3 is 39.5 Å². The normalized spacial score (nSPS) is 14.3. The summed E-state index contributed by atoms with van der Waals surface area (Å²) in [5, 5.41) is 10.6. The van der Waals surface area contributed by atoms with Crippen LogP contribution in [0.4, 0.5) is 0 Å². The van der Waals surface area contributed by atoms with Crippen LogP contribution in [0.3, 0.4) is 0 Å². The molecule has 0 saturated heterocycles. The lowest BCUT2D eigenvalue weighted by molar-refractivity contribution is -0.161. The molecule has 0 bridgehead atoms. The van der Waals surface area contributed by atoms with Gasteiger partial charge in [0.15, 0.2) is 12.2 Å². The van der Waals surface area contributed by atoms with Crippen LogP contribution in [-0.2, 0) is 65.4 Å². The van der Waals surface area contributed by atoms with E-state index in [-0.39, 0.29) is 25.7 Å². The molecule has 0 saturated carbocycles. The van der Waals surface area contributed by atoms with Gasteiger partial charge in [0, 0.05) is 25.7 Å². The van der Waals surface area contributed by atoms with Gasteiger partial charge in [0.25, 0.3) is 0 Å². The molecule has 0 aliphatic heterocycles. The smallest absolute Gasteiger partial charge is 0.462 e. The molecule has 0 fully saturated rings. The first-order chi connectivity index (χ1) is 45.4. The number of aliphatic hydroxyl groups is 1. The van der Waals surface area contributed by atoms with Crippen LogP contribution in [0.5, 0.6) is 0 Å². The second kappa shape index (κ2) is 66.9. The molecule has 6 atom stereocenters. The van der Waals surface area contributed by atoms with Crippen molar-refractivity contribution >= 4 is 39.5 Å². The molecular weight excluding hydrogens is 1230 g/mol. The Morgan fingerprint density at radius 1 is 0.309 bits per heavy atom. The van der Waals surface area contributed by atoms with Crippen molar-refractivity contribution < 1.29 is 80.2 Å². The maximum atomic E-state index is 13.1. The second-order valence-corrected chi connectivity index (χ2v) is 30.7. The lowest BCUT2D eigenvalue weighted by atomic mass is 9.99. The van der Waals surface area contributed by atoms with Gasteiger partial charge < -0.3 is 33.8 Å². The molecule has 0 aromatic carbocycles. The summed E-state index contributed by atoms with van der Waals surface area (Å²) in [6.45, 7) is 9.56. The molecule has 0 rings (SSSR count). The first-order valence-electron chi connectivity index (χ1n) is 39.0. The Hall–Kier alpha value is -1.94. The molecule has 0 radical (unpaired) electrons. The second-order valence-electron chi connectivity index (χ2n) is 27.8. The van der Waals surface area contributed by atoms with Gasteiger partial charge in [0.05, 0.1) is 26.4 Å². The van der Waals surface area contributed by atoms with Gasteiger partial charge in [-0.05, 0) is 37.5 Å². The monoisotopic (exact) mass is 1380 g/mol. The molecule has 0 amide bonds. The molecule has 0 aliphatic rings. The number of hydrogen-bond donors (Lipinski definition) is 3. The van der Waals surface area contributed by atoms with Crippen LogP contribution in [0.1, 0.15) is 388 Å². The third kappa shape index (κ3) is 67.3. The van der Waals surface area contributed by atoms with E-state index in [9.17, 15) is 43.2 Å². The van der Waals surface area contributed by atoms with Gasteiger partial charge in [0.2, 0.25) is 0 Å². The number of esters is 4. The maximum absolute atomic E-state index is 13.1. The average molecular weight is 1380 g/mol. The van der Waals surface area contributed by atoms with Crippen LogP contribution in [-0.4, -0.2) is 96.7 Å². The molecule has 0 aromatic heterocycles. The molecule has 3 N–H and O–H groups in total. The molecule has 0 spiro atoms. The van der Waals surface area contributed by atoms with E-state index in [1.54, 1.807) is 0 Å². The zero-order chi connectivity index (χ0) is 69.3. The van der Waals surface area contributed by atoms with Gasteiger partial charge in [-0.25, -0.2) is 9.13 Å². The summed E-state index contributed by atoms with van der Waals surface area (Å²) in [7, 11) is -9.91. The van der Waals surface area contributed by atoms with Crippen molar-refractivity contribution in [2.24, 2.45) is 11.8 Å². The Kier molecular flexibility index (Phi) is 65.5. The number of carbonyl (C=O) groups is 4. The summed E-state index contributed by atoms with van der Waals surface area (Å²) in [6.07, 6.45) is 54.2. The van der Waals surface area contributed by atoms with Crippen molar-refractivity contribution in [2.75, 3.05) is 39.6 Å². The molecule has 94 heavy (non-hydrogen) atoms. The fraction of sp³-hybridized carbons (Fsp3) is 0.947. The van der Waals surface area contributed by atoms with Crippen LogP contribution in [0.2, 0.25) is 0 Å². The Morgan fingerprint density at radius 3 is 0.809 bits per heavy atom. The number of aliphatic hydroxyl groups excluding tert-OH is 1. The first-order valence-corrected chi connectivity index (χ1v) is 42.0. The molecule has 0 aliphatic carbocycles. The van der Waals surface area contributed by atoms with Gasteiger partial charge in [0.1, 0.15) is 19.3 Å². The molecule has 3 unspecified atom stereocenters. The quantitative estimate of drug-likeness (QED) is 0.0222.